The Kier molecular flexibility index (Phi) is 5.54. The van der Waals surface area contributed by atoms with Crippen molar-refractivity contribution in [2.45, 2.75) is 49.6 Å². The van der Waals surface area contributed by atoms with Crippen molar-refractivity contribution in [3.63, 3.8) is 0 Å². The zero-order valence-corrected chi connectivity index (χ0v) is 21.6. The number of aromatic nitrogens is 7. The number of amides is 1. The van der Waals surface area contributed by atoms with Gasteiger partial charge in [-0.15, -0.1) is 5.10 Å². The van der Waals surface area contributed by atoms with E-state index in [1.54, 1.807) is 17.0 Å². The lowest BCUT2D eigenvalue weighted by Crippen LogP contribution is -2.39. The van der Waals surface area contributed by atoms with E-state index >= 15 is 8.78 Å². The van der Waals surface area contributed by atoms with Crippen molar-refractivity contribution in [1.29, 1.82) is 5.26 Å². The van der Waals surface area contributed by atoms with Gasteiger partial charge >= 0.3 is 0 Å². The van der Waals surface area contributed by atoms with Crippen molar-refractivity contribution in [3.05, 3.63) is 76.7 Å². The molecule has 1 aromatic carbocycles. The largest absolute Gasteiger partial charge is 0.340 e. The molecular formula is C27H20ClF2N9O. The molecule has 13 heteroatoms. The average Bonchev–Trinajstić information content (AvgIpc) is 3.34. The second-order valence-corrected chi connectivity index (χ2v) is 10.7. The number of benzene rings is 1. The lowest BCUT2D eigenvalue weighted by atomic mass is 9.92. The third-order valence-electron chi connectivity index (χ3n) is 8.01. The summed E-state index contributed by atoms with van der Waals surface area (Å²) < 4.78 is 32.1. The number of nitriles is 1. The van der Waals surface area contributed by atoms with Crippen molar-refractivity contribution >= 4 is 23.1 Å². The molecular weight excluding hydrogens is 540 g/mol. The van der Waals surface area contributed by atoms with Gasteiger partial charge < -0.3 is 9.88 Å². The molecule has 200 valence electrons. The van der Waals surface area contributed by atoms with Crippen LogP contribution in [-0.4, -0.2) is 52.0 Å². The molecule has 5 heterocycles. The second-order valence-electron chi connectivity index (χ2n) is 10.3. The standard InChI is InChI=1S/C27H20ClF2N9O/c28-17-2-4-19(38-13-34-36-37-38)22(24(17)30)14-9-15-1-3-20(39(15)21(40)10-14)26-33-11-18(35-26)16-5-8-32-25(23(16)29)27(12-31)6-7-27/h2,4-5,8,10-11,13,15,20H,1,3,6-7,9H2,(H,33,35)/t15-,20+/m1/s1. The molecule has 3 aliphatic rings. The van der Waals surface area contributed by atoms with E-state index in [1.165, 1.54) is 35.5 Å². The average molecular weight is 560 g/mol. The smallest absolute Gasteiger partial charge is 0.247 e. The first-order valence-electron chi connectivity index (χ1n) is 12.8. The number of tetrazole rings is 1. The maximum Gasteiger partial charge on any atom is 0.247 e. The Morgan fingerprint density at radius 2 is 2.00 bits per heavy atom. The van der Waals surface area contributed by atoms with Gasteiger partial charge in [0, 0.05) is 29.4 Å². The summed E-state index contributed by atoms with van der Waals surface area (Å²) in [6.45, 7) is 0. The van der Waals surface area contributed by atoms with Crippen LogP contribution in [0.5, 0.6) is 0 Å². The number of aromatic amines is 1. The zero-order chi connectivity index (χ0) is 27.6. The number of carbonyl (C=O) groups is 1. The summed E-state index contributed by atoms with van der Waals surface area (Å²) in [5.74, 6) is -0.930. The van der Waals surface area contributed by atoms with Gasteiger partial charge in [-0.1, -0.05) is 11.6 Å². The summed E-state index contributed by atoms with van der Waals surface area (Å²) in [6, 6.07) is 6.22. The third kappa shape index (κ3) is 3.72. The molecule has 2 aliphatic heterocycles. The highest BCUT2D eigenvalue weighted by molar-refractivity contribution is 6.31. The molecule has 2 atom stereocenters. The van der Waals surface area contributed by atoms with Crippen LogP contribution in [0.4, 0.5) is 8.78 Å². The monoisotopic (exact) mass is 559 g/mol. The van der Waals surface area contributed by atoms with Crippen molar-refractivity contribution in [3.8, 4) is 23.0 Å². The van der Waals surface area contributed by atoms with Crippen LogP contribution in [0.1, 0.15) is 55.2 Å². The molecule has 7 rings (SSSR count). The molecule has 0 bridgehead atoms. The predicted octanol–water partition coefficient (Wildman–Crippen LogP) is 4.45. The van der Waals surface area contributed by atoms with E-state index in [4.69, 9.17) is 11.6 Å². The van der Waals surface area contributed by atoms with Gasteiger partial charge in [-0.25, -0.2) is 13.8 Å². The number of nitrogens with zero attached hydrogens (tertiary/aromatic N) is 8. The molecule has 4 aromatic rings. The van der Waals surface area contributed by atoms with Crippen molar-refractivity contribution in [2.75, 3.05) is 0 Å². The number of imidazole rings is 1. The first-order chi connectivity index (χ1) is 19.4. The van der Waals surface area contributed by atoms with Crippen LogP contribution in [-0.2, 0) is 10.2 Å². The highest BCUT2D eigenvalue weighted by Gasteiger charge is 2.49. The van der Waals surface area contributed by atoms with Crippen molar-refractivity contribution in [1.82, 2.24) is 40.1 Å². The Bertz CT molecular complexity index is 1740. The lowest BCUT2D eigenvalue weighted by Gasteiger charge is -2.33. The Morgan fingerprint density at radius 3 is 2.75 bits per heavy atom. The Morgan fingerprint density at radius 1 is 1.15 bits per heavy atom. The van der Waals surface area contributed by atoms with Gasteiger partial charge in [-0.05, 0) is 66.3 Å². The molecule has 1 N–H and O–H groups in total. The van der Waals surface area contributed by atoms with Gasteiger partial charge in [-0.3, -0.25) is 9.78 Å². The number of halogens is 3. The van der Waals surface area contributed by atoms with E-state index in [1.807, 2.05) is 0 Å². The Balaban J connectivity index is 1.20. The molecule has 3 aromatic heterocycles. The first kappa shape index (κ1) is 24.5. The molecule has 0 spiro atoms. The molecule has 40 heavy (non-hydrogen) atoms. The van der Waals surface area contributed by atoms with Crippen LogP contribution in [0.15, 0.2) is 43.0 Å². The molecule has 1 aliphatic carbocycles. The Labute approximate surface area is 231 Å². The number of nitrogens with one attached hydrogen (secondary N) is 1. The van der Waals surface area contributed by atoms with Crippen LogP contribution in [0.25, 0.3) is 22.5 Å². The van der Waals surface area contributed by atoms with Crippen molar-refractivity contribution in [2.24, 2.45) is 0 Å². The number of hydrogen-bond donors (Lipinski definition) is 1. The van der Waals surface area contributed by atoms with E-state index in [0.29, 0.717) is 54.9 Å². The molecule has 2 fully saturated rings. The number of pyridine rings is 1. The zero-order valence-electron chi connectivity index (χ0n) is 20.9. The van der Waals surface area contributed by atoms with Gasteiger partial charge in [0.05, 0.1) is 40.4 Å². The number of H-pyrrole nitrogens is 1. The van der Waals surface area contributed by atoms with E-state index < -0.39 is 17.0 Å². The van der Waals surface area contributed by atoms with E-state index in [2.05, 4.69) is 36.5 Å². The van der Waals surface area contributed by atoms with E-state index in [0.717, 1.165) is 0 Å². The molecule has 1 amide bonds. The van der Waals surface area contributed by atoms with E-state index in [9.17, 15) is 10.1 Å². The van der Waals surface area contributed by atoms with Gasteiger partial charge in [0.2, 0.25) is 5.91 Å². The predicted molar refractivity (Wildman–Crippen MR) is 138 cm³/mol. The van der Waals surface area contributed by atoms with Crippen molar-refractivity contribution < 1.29 is 13.6 Å². The van der Waals surface area contributed by atoms with E-state index in [-0.39, 0.29) is 39.8 Å². The minimum atomic E-state index is -0.862. The fourth-order valence-electron chi connectivity index (χ4n) is 5.86. The Hall–Kier alpha value is -4.50. The number of rotatable bonds is 5. The van der Waals surface area contributed by atoms with Gasteiger partial charge in [0.1, 0.15) is 17.6 Å². The van der Waals surface area contributed by atoms with Crippen LogP contribution in [0.2, 0.25) is 5.02 Å². The maximum absolute atomic E-state index is 15.4. The summed E-state index contributed by atoms with van der Waals surface area (Å²) in [5, 5.41) is 20.6. The fourth-order valence-corrected chi connectivity index (χ4v) is 6.02. The number of hydrogen-bond acceptors (Lipinski definition) is 7. The molecule has 1 saturated heterocycles. The SMILES string of the molecule is N#CC1(c2nccc(-c3cnc([C@@H]4CC[C@@H]5CC(c6c(-n7cnnn7)ccc(Cl)c6F)=CC(=O)N54)[nH]3)c2F)CC1. The minimum Gasteiger partial charge on any atom is -0.340 e. The molecule has 10 nitrogen and oxygen atoms in total. The topological polar surface area (TPSA) is 129 Å². The molecule has 1 saturated carbocycles. The van der Waals surface area contributed by atoms with Crippen LogP contribution < -0.4 is 0 Å². The quantitative estimate of drug-likeness (QED) is 0.382. The minimum absolute atomic E-state index is 0.0658. The van der Waals surface area contributed by atoms with Gasteiger partial charge in [0.15, 0.2) is 11.6 Å². The van der Waals surface area contributed by atoms with Crippen LogP contribution in [0, 0.1) is 23.0 Å². The summed E-state index contributed by atoms with van der Waals surface area (Å²) in [6.07, 6.45) is 8.67. The molecule has 0 unspecified atom stereocenters. The third-order valence-corrected chi connectivity index (χ3v) is 8.30. The summed E-state index contributed by atoms with van der Waals surface area (Å²) in [5.41, 5.74) is 1.09. The fraction of sp³-hybridized carbons (Fsp3) is 0.296. The maximum atomic E-state index is 15.4. The number of carbonyl (C=O) groups excluding carboxylic acids is 1. The summed E-state index contributed by atoms with van der Waals surface area (Å²) in [4.78, 5) is 27.0. The highest BCUT2D eigenvalue weighted by Crippen LogP contribution is 2.49. The summed E-state index contributed by atoms with van der Waals surface area (Å²) in [7, 11) is 0. The number of fused-ring (bicyclic) bond motifs is 1. The van der Waals surface area contributed by atoms with Crippen LogP contribution >= 0.6 is 11.6 Å². The lowest BCUT2D eigenvalue weighted by molar-refractivity contribution is -0.129. The van der Waals surface area contributed by atoms with Crippen LogP contribution in [0.3, 0.4) is 0 Å². The summed E-state index contributed by atoms with van der Waals surface area (Å²) >= 11 is 6.11. The second kappa shape index (κ2) is 9.02. The van der Waals surface area contributed by atoms with Gasteiger partial charge in [0.25, 0.3) is 0 Å². The van der Waals surface area contributed by atoms with Gasteiger partial charge in [-0.2, -0.15) is 9.94 Å². The first-order valence-corrected chi connectivity index (χ1v) is 13.1. The molecule has 0 radical (unpaired) electrons. The highest BCUT2D eigenvalue weighted by atomic mass is 35.5. The normalized spacial score (nSPS) is 21.2.